The molecule has 0 bridgehead atoms. The molecule has 88 valence electrons. The second-order valence-electron chi connectivity index (χ2n) is 3.49. The van der Waals surface area contributed by atoms with E-state index in [1.807, 2.05) is 0 Å². The Morgan fingerprint density at radius 1 is 1.47 bits per heavy atom. The van der Waals surface area contributed by atoms with Gasteiger partial charge in [0.05, 0.1) is 6.26 Å². The van der Waals surface area contributed by atoms with Gasteiger partial charge in [-0.05, 0) is 25.1 Å². The molecule has 1 N–H and O–H groups in total. The van der Waals surface area contributed by atoms with Crippen LogP contribution in [0.25, 0.3) is 11.5 Å². The molecule has 0 saturated heterocycles. The van der Waals surface area contributed by atoms with Crippen molar-refractivity contribution in [2.24, 2.45) is 0 Å². The number of furan rings is 1. The minimum Gasteiger partial charge on any atom is -0.480 e. The van der Waals surface area contributed by atoms with Crippen molar-refractivity contribution in [2.45, 2.75) is 13.0 Å². The zero-order valence-electron chi connectivity index (χ0n) is 9.03. The number of aliphatic carboxylic acids is 1. The maximum Gasteiger partial charge on any atom is 0.328 e. The molecular formula is C11H10N2O4. The molecule has 0 aliphatic carbocycles. The Kier molecular flexibility index (Phi) is 2.78. The van der Waals surface area contributed by atoms with E-state index in [1.165, 1.54) is 25.3 Å². The summed E-state index contributed by atoms with van der Waals surface area (Å²) < 4.78 is 6.05. The highest BCUT2D eigenvalue weighted by Gasteiger charge is 2.16. The lowest BCUT2D eigenvalue weighted by Gasteiger charge is -2.09. The van der Waals surface area contributed by atoms with Crippen molar-refractivity contribution in [1.82, 2.24) is 9.78 Å². The number of nitrogens with zero attached hydrogens (tertiary/aromatic N) is 2. The Morgan fingerprint density at radius 3 is 2.82 bits per heavy atom. The largest absolute Gasteiger partial charge is 0.480 e. The Morgan fingerprint density at radius 2 is 2.24 bits per heavy atom. The summed E-state index contributed by atoms with van der Waals surface area (Å²) in [5.41, 5.74) is -0.0436. The quantitative estimate of drug-likeness (QED) is 0.860. The van der Waals surface area contributed by atoms with Crippen LogP contribution in [0.2, 0.25) is 0 Å². The van der Waals surface area contributed by atoms with Gasteiger partial charge in [0.1, 0.15) is 5.69 Å². The third-order valence-electron chi connectivity index (χ3n) is 2.32. The fraction of sp³-hybridized carbons (Fsp3) is 0.182. The van der Waals surface area contributed by atoms with Crippen LogP contribution in [0.3, 0.4) is 0 Å². The zero-order valence-corrected chi connectivity index (χ0v) is 9.03. The molecule has 0 radical (unpaired) electrons. The maximum absolute atomic E-state index is 11.5. The maximum atomic E-state index is 11.5. The summed E-state index contributed by atoms with van der Waals surface area (Å²) in [6, 6.07) is 5.11. The molecule has 0 saturated carbocycles. The number of hydrogen-bond acceptors (Lipinski definition) is 4. The van der Waals surface area contributed by atoms with E-state index >= 15 is 0 Å². The number of rotatable bonds is 3. The second-order valence-corrected chi connectivity index (χ2v) is 3.49. The van der Waals surface area contributed by atoms with Gasteiger partial charge in [-0.25, -0.2) is 9.48 Å². The first-order valence-electron chi connectivity index (χ1n) is 4.96. The van der Waals surface area contributed by atoms with Crippen LogP contribution in [0.1, 0.15) is 13.0 Å². The number of carboxylic acid groups (broad SMARTS) is 1. The summed E-state index contributed by atoms with van der Waals surface area (Å²) in [6.45, 7) is 1.39. The minimum atomic E-state index is -1.11. The van der Waals surface area contributed by atoms with E-state index in [4.69, 9.17) is 9.52 Å². The third-order valence-corrected chi connectivity index (χ3v) is 2.32. The molecule has 2 aromatic heterocycles. The van der Waals surface area contributed by atoms with Gasteiger partial charge >= 0.3 is 5.97 Å². The van der Waals surface area contributed by atoms with Crippen molar-refractivity contribution in [3.8, 4) is 11.5 Å². The lowest BCUT2D eigenvalue weighted by atomic mass is 10.3. The topological polar surface area (TPSA) is 85.3 Å². The van der Waals surface area contributed by atoms with Crippen LogP contribution in [-0.4, -0.2) is 20.9 Å². The Balaban J connectivity index is 2.50. The number of carbonyl (C=O) groups is 1. The Bertz CT molecular complexity index is 586. The van der Waals surface area contributed by atoms with Gasteiger partial charge in [-0.1, -0.05) is 0 Å². The molecule has 0 aromatic carbocycles. The van der Waals surface area contributed by atoms with Crippen LogP contribution in [-0.2, 0) is 4.79 Å². The van der Waals surface area contributed by atoms with Crippen LogP contribution < -0.4 is 5.56 Å². The predicted octanol–water partition coefficient (Wildman–Crippen LogP) is 1.15. The first-order chi connectivity index (χ1) is 8.09. The fourth-order valence-electron chi connectivity index (χ4n) is 1.36. The van der Waals surface area contributed by atoms with Crippen molar-refractivity contribution in [3.05, 3.63) is 40.9 Å². The van der Waals surface area contributed by atoms with Gasteiger partial charge in [-0.2, -0.15) is 5.10 Å². The number of hydrogen-bond donors (Lipinski definition) is 1. The predicted molar refractivity (Wildman–Crippen MR) is 58.5 cm³/mol. The van der Waals surface area contributed by atoms with Gasteiger partial charge in [0.15, 0.2) is 11.8 Å². The zero-order chi connectivity index (χ0) is 12.4. The summed E-state index contributed by atoms with van der Waals surface area (Å²) in [5, 5.41) is 12.8. The summed E-state index contributed by atoms with van der Waals surface area (Å²) in [7, 11) is 0. The minimum absolute atomic E-state index is 0.419. The van der Waals surface area contributed by atoms with Gasteiger partial charge in [0.2, 0.25) is 0 Å². The van der Waals surface area contributed by atoms with E-state index in [1.54, 1.807) is 12.1 Å². The second kappa shape index (κ2) is 4.25. The SMILES string of the molecule is C[C@H](C(=O)O)n1nc(-c2ccco2)ccc1=O. The van der Waals surface area contributed by atoms with Crippen LogP contribution >= 0.6 is 0 Å². The van der Waals surface area contributed by atoms with E-state index in [9.17, 15) is 9.59 Å². The highest BCUT2D eigenvalue weighted by Crippen LogP contribution is 2.15. The van der Waals surface area contributed by atoms with Gasteiger partial charge in [0.25, 0.3) is 5.56 Å². The Labute approximate surface area is 96.1 Å². The van der Waals surface area contributed by atoms with Crippen molar-refractivity contribution in [1.29, 1.82) is 0 Å². The molecule has 0 amide bonds. The molecule has 0 aliphatic heterocycles. The molecule has 1 atom stereocenters. The molecular weight excluding hydrogens is 224 g/mol. The van der Waals surface area contributed by atoms with Gasteiger partial charge in [-0.15, -0.1) is 0 Å². The smallest absolute Gasteiger partial charge is 0.328 e. The normalized spacial score (nSPS) is 12.3. The van der Waals surface area contributed by atoms with E-state index in [2.05, 4.69) is 5.10 Å². The van der Waals surface area contributed by atoms with Crippen LogP contribution in [0.15, 0.2) is 39.7 Å². The van der Waals surface area contributed by atoms with E-state index in [0.29, 0.717) is 11.5 Å². The average molecular weight is 234 g/mol. The summed E-state index contributed by atoms with van der Waals surface area (Å²) in [5.74, 6) is -0.632. The number of aromatic nitrogens is 2. The molecule has 0 unspecified atom stereocenters. The van der Waals surface area contributed by atoms with Gasteiger partial charge in [0, 0.05) is 6.07 Å². The highest BCUT2D eigenvalue weighted by molar-refractivity contribution is 5.71. The van der Waals surface area contributed by atoms with E-state index < -0.39 is 17.6 Å². The summed E-state index contributed by atoms with van der Waals surface area (Å²) >= 11 is 0. The first-order valence-corrected chi connectivity index (χ1v) is 4.96. The van der Waals surface area contributed by atoms with Gasteiger partial charge < -0.3 is 9.52 Å². The molecule has 6 heteroatoms. The van der Waals surface area contributed by atoms with E-state index in [0.717, 1.165) is 4.68 Å². The van der Waals surface area contributed by atoms with Crippen molar-refractivity contribution < 1.29 is 14.3 Å². The average Bonchev–Trinajstić information content (AvgIpc) is 2.82. The standard InChI is InChI=1S/C11H10N2O4/c1-7(11(15)16)13-10(14)5-4-8(12-13)9-3-2-6-17-9/h2-7H,1H3,(H,15,16)/t7-/m1/s1. The van der Waals surface area contributed by atoms with Gasteiger partial charge in [-0.3, -0.25) is 4.79 Å². The molecule has 6 nitrogen and oxygen atoms in total. The molecule has 17 heavy (non-hydrogen) atoms. The monoisotopic (exact) mass is 234 g/mol. The summed E-state index contributed by atoms with van der Waals surface area (Å²) in [6.07, 6.45) is 1.48. The van der Waals surface area contributed by atoms with Crippen LogP contribution in [0.4, 0.5) is 0 Å². The highest BCUT2D eigenvalue weighted by atomic mass is 16.4. The van der Waals surface area contributed by atoms with Crippen molar-refractivity contribution in [2.75, 3.05) is 0 Å². The molecule has 0 spiro atoms. The molecule has 2 heterocycles. The first kappa shape index (κ1) is 11.1. The van der Waals surface area contributed by atoms with Crippen LogP contribution in [0.5, 0.6) is 0 Å². The lowest BCUT2D eigenvalue weighted by molar-refractivity contribution is -0.140. The number of carboxylic acids is 1. The van der Waals surface area contributed by atoms with Crippen molar-refractivity contribution in [3.63, 3.8) is 0 Å². The molecule has 2 aromatic rings. The fourth-order valence-corrected chi connectivity index (χ4v) is 1.36. The Hall–Kier alpha value is -2.37. The molecule has 2 rings (SSSR count). The lowest BCUT2D eigenvalue weighted by Crippen LogP contribution is -2.29. The van der Waals surface area contributed by atoms with E-state index in [-0.39, 0.29) is 0 Å². The third kappa shape index (κ3) is 2.10. The van der Waals surface area contributed by atoms with Crippen molar-refractivity contribution >= 4 is 5.97 Å². The molecule has 0 aliphatic rings. The molecule has 0 fully saturated rings. The summed E-state index contributed by atoms with van der Waals surface area (Å²) in [4.78, 5) is 22.3. The van der Waals surface area contributed by atoms with Crippen LogP contribution in [0, 0.1) is 0 Å².